The number of aromatic nitrogens is 2. The van der Waals surface area contributed by atoms with Crippen LogP contribution in [0, 0.1) is 0 Å². The van der Waals surface area contributed by atoms with Gasteiger partial charge in [-0.1, -0.05) is 23.7 Å². The molecule has 2 aromatic carbocycles. The quantitative estimate of drug-likeness (QED) is 0.584. The highest BCUT2D eigenvalue weighted by Crippen LogP contribution is 2.19. The first kappa shape index (κ1) is 18.9. The first-order valence-electron chi connectivity index (χ1n) is 8.05. The number of carbonyl (C=O) groups excluding carboxylic acids is 1. The zero-order valence-electron chi connectivity index (χ0n) is 14.4. The molecule has 0 radical (unpaired) electrons. The van der Waals surface area contributed by atoms with E-state index in [9.17, 15) is 9.59 Å². The maximum Gasteiger partial charge on any atom is 0.323 e. The van der Waals surface area contributed by atoms with Crippen molar-refractivity contribution in [3.63, 3.8) is 0 Å². The Kier molecular flexibility index (Phi) is 6.10. The Labute approximate surface area is 164 Å². The second-order valence-electron chi connectivity index (χ2n) is 5.69. The molecule has 1 atom stereocenters. The van der Waals surface area contributed by atoms with Crippen LogP contribution in [0.5, 0.6) is 5.75 Å². The normalized spacial score (nSPS) is 11.6. The van der Waals surface area contributed by atoms with Gasteiger partial charge in [0, 0.05) is 22.2 Å². The van der Waals surface area contributed by atoms with E-state index in [1.165, 1.54) is 0 Å². The van der Waals surface area contributed by atoms with Crippen LogP contribution in [-0.4, -0.2) is 22.5 Å². The number of urea groups is 1. The number of amides is 2. The van der Waals surface area contributed by atoms with Gasteiger partial charge in [0.2, 0.25) is 0 Å². The highest BCUT2D eigenvalue weighted by atomic mass is 35.5. The molecule has 3 aromatic rings. The lowest BCUT2D eigenvalue weighted by Crippen LogP contribution is -2.34. The van der Waals surface area contributed by atoms with Gasteiger partial charge in [0.15, 0.2) is 0 Å². The van der Waals surface area contributed by atoms with Crippen molar-refractivity contribution < 1.29 is 9.53 Å². The Balaban J connectivity index is 1.74. The number of hydrogen-bond donors (Lipinski definition) is 3. The number of nitrogens with one attached hydrogen (secondary N) is 3. The number of H-pyrrole nitrogens is 1. The number of anilines is 1. The van der Waals surface area contributed by atoms with Crippen LogP contribution in [0.15, 0.2) is 53.3 Å². The van der Waals surface area contributed by atoms with Crippen molar-refractivity contribution in [1.82, 2.24) is 14.7 Å². The molecule has 0 bridgehead atoms. The van der Waals surface area contributed by atoms with Gasteiger partial charge in [-0.2, -0.15) is 4.37 Å². The number of hydrogen-bond acceptors (Lipinski definition) is 5. The summed E-state index contributed by atoms with van der Waals surface area (Å²) in [6.07, 6.45) is 0.456. The lowest BCUT2D eigenvalue weighted by Gasteiger charge is -2.17. The summed E-state index contributed by atoms with van der Waals surface area (Å²) in [5.74, 6) is 1.15. The van der Waals surface area contributed by atoms with Crippen LogP contribution in [0.25, 0.3) is 0 Å². The predicted molar refractivity (Wildman–Crippen MR) is 106 cm³/mol. The molecule has 1 heterocycles. The molecule has 0 aliphatic heterocycles. The van der Waals surface area contributed by atoms with Crippen LogP contribution in [-0.2, 0) is 6.42 Å². The van der Waals surface area contributed by atoms with Crippen LogP contribution < -0.4 is 20.2 Å². The summed E-state index contributed by atoms with van der Waals surface area (Å²) < 4.78 is 9.26. The molecule has 140 valence electrons. The number of aromatic amines is 1. The summed E-state index contributed by atoms with van der Waals surface area (Å²) in [6.45, 7) is 0. The SMILES string of the molecule is COc1ccc(CC(NC(=O)Nc2ccc(Cl)cc2)c2nsc(=O)[nH]2)cc1. The Bertz CT molecular complexity index is 954. The number of nitrogens with zero attached hydrogens (tertiary/aromatic N) is 1. The molecule has 27 heavy (non-hydrogen) atoms. The minimum Gasteiger partial charge on any atom is -0.497 e. The lowest BCUT2D eigenvalue weighted by atomic mass is 10.1. The molecule has 3 rings (SSSR count). The summed E-state index contributed by atoms with van der Waals surface area (Å²) in [5.41, 5.74) is 1.56. The predicted octanol–water partition coefficient (Wildman–Crippen LogP) is 3.60. The van der Waals surface area contributed by atoms with E-state index in [1.807, 2.05) is 24.3 Å². The van der Waals surface area contributed by atoms with Crippen molar-refractivity contribution in [3.8, 4) is 5.75 Å². The van der Waals surface area contributed by atoms with E-state index in [2.05, 4.69) is 20.0 Å². The Morgan fingerprint density at radius 2 is 1.93 bits per heavy atom. The van der Waals surface area contributed by atoms with Crippen molar-refractivity contribution in [2.24, 2.45) is 0 Å². The standard InChI is InChI=1S/C18H17ClN4O3S/c1-26-14-8-2-11(3-9-14)10-15(16-22-18(25)27-23-16)21-17(24)20-13-6-4-12(19)5-7-13/h2-9,15H,10H2,1H3,(H2,20,21,24)(H,22,23,25). The molecule has 0 aliphatic rings. The second kappa shape index (κ2) is 8.70. The second-order valence-corrected chi connectivity index (χ2v) is 6.86. The number of ether oxygens (including phenoxy) is 1. The van der Waals surface area contributed by atoms with E-state index in [0.717, 1.165) is 22.8 Å². The van der Waals surface area contributed by atoms with E-state index in [4.69, 9.17) is 16.3 Å². The van der Waals surface area contributed by atoms with Crippen molar-refractivity contribution in [2.75, 3.05) is 12.4 Å². The summed E-state index contributed by atoms with van der Waals surface area (Å²) >= 11 is 6.66. The third-order valence-corrected chi connectivity index (χ3v) is 4.60. The van der Waals surface area contributed by atoms with Gasteiger partial charge in [0.05, 0.1) is 13.2 Å². The molecule has 9 heteroatoms. The monoisotopic (exact) mass is 404 g/mol. The minimum atomic E-state index is -0.496. The fourth-order valence-corrected chi connectivity index (χ4v) is 3.09. The fraction of sp³-hybridized carbons (Fsp3) is 0.167. The summed E-state index contributed by atoms with van der Waals surface area (Å²) in [7, 11) is 1.60. The van der Waals surface area contributed by atoms with Crippen LogP contribution in [0.2, 0.25) is 5.02 Å². The highest BCUT2D eigenvalue weighted by molar-refractivity contribution is 7.02. The van der Waals surface area contributed by atoms with Gasteiger partial charge in [0.1, 0.15) is 11.6 Å². The highest BCUT2D eigenvalue weighted by Gasteiger charge is 2.19. The van der Waals surface area contributed by atoms with E-state index in [-0.39, 0.29) is 4.87 Å². The smallest absolute Gasteiger partial charge is 0.323 e. The van der Waals surface area contributed by atoms with E-state index < -0.39 is 12.1 Å². The summed E-state index contributed by atoms with van der Waals surface area (Å²) in [5, 5.41) is 6.16. The number of rotatable bonds is 6. The van der Waals surface area contributed by atoms with Crippen molar-refractivity contribution >= 4 is 34.9 Å². The molecule has 1 aromatic heterocycles. The molecular formula is C18H17ClN4O3S. The third-order valence-electron chi connectivity index (χ3n) is 3.79. The van der Waals surface area contributed by atoms with Gasteiger partial charge in [-0.05, 0) is 48.4 Å². The number of benzene rings is 2. The molecule has 3 N–H and O–H groups in total. The molecule has 7 nitrogen and oxygen atoms in total. The molecule has 0 saturated carbocycles. The Hall–Kier alpha value is -2.84. The third kappa shape index (κ3) is 5.32. The van der Waals surface area contributed by atoms with Gasteiger partial charge in [0.25, 0.3) is 0 Å². The van der Waals surface area contributed by atoms with E-state index in [0.29, 0.717) is 23.0 Å². The van der Waals surface area contributed by atoms with Gasteiger partial charge in [-0.25, -0.2) is 4.79 Å². The largest absolute Gasteiger partial charge is 0.497 e. The average molecular weight is 405 g/mol. The number of methoxy groups -OCH3 is 1. The lowest BCUT2D eigenvalue weighted by molar-refractivity contribution is 0.248. The van der Waals surface area contributed by atoms with Crippen LogP contribution in [0.4, 0.5) is 10.5 Å². The molecule has 2 amide bonds. The van der Waals surface area contributed by atoms with Gasteiger partial charge in [-0.3, -0.25) is 9.78 Å². The molecule has 0 aliphatic carbocycles. The zero-order chi connectivity index (χ0) is 19.2. The van der Waals surface area contributed by atoms with Gasteiger partial charge >= 0.3 is 10.9 Å². The van der Waals surface area contributed by atoms with Crippen LogP contribution in [0.3, 0.4) is 0 Å². The Morgan fingerprint density at radius 1 is 1.22 bits per heavy atom. The zero-order valence-corrected chi connectivity index (χ0v) is 15.9. The van der Waals surface area contributed by atoms with E-state index >= 15 is 0 Å². The first-order chi connectivity index (χ1) is 13.0. The molecule has 0 spiro atoms. The van der Waals surface area contributed by atoms with Crippen LogP contribution in [0.1, 0.15) is 17.4 Å². The van der Waals surface area contributed by atoms with Gasteiger partial charge in [-0.15, -0.1) is 0 Å². The molecule has 0 saturated heterocycles. The first-order valence-corrected chi connectivity index (χ1v) is 9.20. The van der Waals surface area contributed by atoms with Gasteiger partial charge < -0.3 is 15.4 Å². The maximum absolute atomic E-state index is 12.4. The summed E-state index contributed by atoms with van der Waals surface area (Å²) in [4.78, 5) is 26.3. The minimum absolute atomic E-state index is 0.273. The fourth-order valence-electron chi connectivity index (χ4n) is 2.46. The number of carbonyl (C=O) groups is 1. The topological polar surface area (TPSA) is 96.1 Å². The van der Waals surface area contributed by atoms with Crippen molar-refractivity contribution in [2.45, 2.75) is 12.5 Å². The van der Waals surface area contributed by atoms with Crippen molar-refractivity contribution in [3.05, 3.63) is 74.6 Å². The average Bonchev–Trinajstić information content (AvgIpc) is 3.10. The molecule has 0 fully saturated rings. The summed E-state index contributed by atoms with van der Waals surface area (Å²) in [6, 6.07) is 13.3. The maximum atomic E-state index is 12.4. The van der Waals surface area contributed by atoms with E-state index in [1.54, 1.807) is 31.4 Å². The number of halogens is 1. The van der Waals surface area contributed by atoms with Crippen LogP contribution >= 0.6 is 23.1 Å². The molecule has 1 unspecified atom stereocenters. The molecular weight excluding hydrogens is 388 g/mol. The Morgan fingerprint density at radius 3 is 2.52 bits per heavy atom. The van der Waals surface area contributed by atoms with Crippen molar-refractivity contribution in [1.29, 1.82) is 0 Å².